The molecule has 1 aromatic heterocycles. The van der Waals surface area contributed by atoms with Crippen molar-refractivity contribution < 1.29 is 4.79 Å². The molecule has 4 nitrogen and oxygen atoms in total. The van der Waals surface area contributed by atoms with Gasteiger partial charge in [-0.2, -0.15) is 0 Å². The number of carbonyl (C=O) groups excluding carboxylic acids is 1. The molecule has 1 heterocycles. The highest BCUT2D eigenvalue weighted by Gasteiger charge is 2.07. The highest BCUT2D eigenvalue weighted by molar-refractivity contribution is 6.04. The summed E-state index contributed by atoms with van der Waals surface area (Å²) in [6.45, 7) is 1.95. The van der Waals surface area contributed by atoms with Crippen molar-refractivity contribution in [2.45, 2.75) is 6.92 Å². The zero-order valence-corrected chi connectivity index (χ0v) is 10.3. The summed E-state index contributed by atoms with van der Waals surface area (Å²) in [4.78, 5) is 23.4. The van der Waals surface area contributed by atoms with Crippen LogP contribution in [-0.4, -0.2) is 10.5 Å². The van der Waals surface area contributed by atoms with E-state index in [1.807, 2.05) is 31.2 Å². The zero-order chi connectivity index (χ0) is 13.1. The second kappa shape index (κ2) is 4.87. The summed E-state index contributed by atoms with van der Waals surface area (Å²) in [6, 6.07) is 10.4. The zero-order valence-electron chi connectivity index (χ0n) is 10.3. The minimum Gasteiger partial charge on any atom is -0.322 e. The van der Waals surface area contributed by atoms with Crippen LogP contribution in [0.4, 0.5) is 5.69 Å². The largest absolute Gasteiger partial charge is 0.322 e. The Morgan fingerprint density at radius 1 is 1.22 bits per heavy atom. The van der Waals surface area contributed by atoms with Gasteiger partial charge in [-0.3, -0.25) is 9.59 Å². The van der Waals surface area contributed by atoms with Crippen molar-refractivity contribution in [3.05, 3.63) is 64.1 Å². The number of anilines is 1. The number of rotatable bonds is 2. The monoisotopic (exact) mass is 242 g/mol. The third-order valence-corrected chi connectivity index (χ3v) is 2.64. The van der Waals surface area contributed by atoms with E-state index in [-0.39, 0.29) is 11.5 Å². The van der Waals surface area contributed by atoms with Crippen molar-refractivity contribution in [1.82, 2.24) is 4.57 Å². The summed E-state index contributed by atoms with van der Waals surface area (Å²) < 4.78 is 1.42. The highest BCUT2D eigenvalue weighted by atomic mass is 16.2. The fraction of sp³-hybridized carbons (Fsp3) is 0.143. The molecule has 0 radical (unpaired) electrons. The molecule has 2 rings (SSSR count). The van der Waals surface area contributed by atoms with Crippen LogP contribution in [0.1, 0.15) is 15.9 Å². The average molecular weight is 242 g/mol. The van der Waals surface area contributed by atoms with Gasteiger partial charge in [-0.15, -0.1) is 0 Å². The molecule has 0 saturated carbocycles. The molecule has 0 aliphatic heterocycles. The van der Waals surface area contributed by atoms with E-state index in [0.717, 1.165) is 11.3 Å². The Labute approximate surface area is 105 Å². The number of nitrogens with one attached hydrogen (secondary N) is 1. The highest BCUT2D eigenvalue weighted by Crippen LogP contribution is 2.10. The Morgan fingerprint density at radius 2 is 2.00 bits per heavy atom. The van der Waals surface area contributed by atoms with Gasteiger partial charge in [0.05, 0.1) is 0 Å². The van der Waals surface area contributed by atoms with Crippen LogP contribution < -0.4 is 10.9 Å². The average Bonchev–Trinajstić information content (AvgIpc) is 2.32. The van der Waals surface area contributed by atoms with Gasteiger partial charge >= 0.3 is 0 Å². The maximum Gasteiger partial charge on any atom is 0.255 e. The number of carbonyl (C=O) groups is 1. The third-order valence-electron chi connectivity index (χ3n) is 2.64. The van der Waals surface area contributed by atoms with E-state index in [9.17, 15) is 9.59 Å². The van der Waals surface area contributed by atoms with Gasteiger partial charge < -0.3 is 9.88 Å². The van der Waals surface area contributed by atoms with Crippen LogP contribution in [0.25, 0.3) is 0 Å². The van der Waals surface area contributed by atoms with Gasteiger partial charge in [0.15, 0.2) is 0 Å². The van der Waals surface area contributed by atoms with E-state index in [1.165, 1.54) is 10.6 Å². The first-order valence-corrected chi connectivity index (χ1v) is 5.61. The molecule has 92 valence electrons. The predicted molar refractivity (Wildman–Crippen MR) is 70.8 cm³/mol. The molecule has 1 amide bonds. The number of benzene rings is 1. The van der Waals surface area contributed by atoms with Crippen LogP contribution in [0.2, 0.25) is 0 Å². The van der Waals surface area contributed by atoms with Gasteiger partial charge in [-0.05, 0) is 30.7 Å². The van der Waals surface area contributed by atoms with Gasteiger partial charge in [0.25, 0.3) is 11.5 Å². The van der Waals surface area contributed by atoms with Crippen molar-refractivity contribution in [3.8, 4) is 0 Å². The number of hydrogen-bond acceptors (Lipinski definition) is 2. The summed E-state index contributed by atoms with van der Waals surface area (Å²) in [5, 5.41) is 2.76. The van der Waals surface area contributed by atoms with E-state index in [4.69, 9.17) is 0 Å². The van der Waals surface area contributed by atoms with Crippen molar-refractivity contribution in [1.29, 1.82) is 0 Å². The predicted octanol–water partition coefficient (Wildman–Crippen LogP) is 1.95. The standard InChI is InChI=1S/C14H14N2O2/c1-10-4-3-5-12(8-10)15-14(18)11-6-7-16(2)13(17)9-11/h3-9H,1-2H3,(H,15,18). The normalized spacial score (nSPS) is 10.1. The van der Waals surface area contributed by atoms with Crippen LogP contribution in [0.3, 0.4) is 0 Å². The lowest BCUT2D eigenvalue weighted by Gasteiger charge is -2.06. The number of nitrogens with zero attached hydrogens (tertiary/aromatic N) is 1. The molecule has 0 atom stereocenters. The van der Waals surface area contributed by atoms with Crippen LogP contribution >= 0.6 is 0 Å². The van der Waals surface area contributed by atoms with Gasteiger partial charge in [0, 0.05) is 30.6 Å². The number of aromatic nitrogens is 1. The first kappa shape index (κ1) is 12.1. The Balaban J connectivity index is 2.22. The first-order valence-electron chi connectivity index (χ1n) is 5.61. The van der Waals surface area contributed by atoms with Gasteiger partial charge in [0.1, 0.15) is 0 Å². The molecule has 0 aliphatic carbocycles. The molecule has 0 bridgehead atoms. The smallest absolute Gasteiger partial charge is 0.255 e. The Morgan fingerprint density at radius 3 is 2.67 bits per heavy atom. The van der Waals surface area contributed by atoms with E-state index < -0.39 is 0 Å². The molecule has 0 fully saturated rings. The van der Waals surface area contributed by atoms with E-state index in [2.05, 4.69) is 5.32 Å². The lowest BCUT2D eigenvalue weighted by atomic mass is 10.2. The number of pyridine rings is 1. The van der Waals surface area contributed by atoms with Gasteiger partial charge in [-0.1, -0.05) is 12.1 Å². The minimum absolute atomic E-state index is 0.202. The second-order valence-corrected chi connectivity index (χ2v) is 4.19. The van der Waals surface area contributed by atoms with Crippen molar-refractivity contribution >= 4 is 11.6 Å². The van der Waals surface area contributed by atoms with Crippen molar-refractivity contribution in [3.63, 3.8) is 0 Å². The Bertz CT molecular complexity index is 644. The topological polar surface area (TPSA) is 51.1 Å². The molecule has 4 heteroatoms. The lowest BCUT2D eigenvalue weighted by molar-refractivity contribution is 0.102. The van der Waals surface area contributed by atoms with Crippen LogP contribution in [-0.2, 0) is 7.05 Å². The van der Waals surface area contributed by atoms with Crippen molar-refractivity contribution in [2.24, 2.45) is 7.05 Å². The first-order chi connectivity index (χ1) is 8.56. The molecule has 1 aromatic carbocycles. The van der Waals surface area contributed by atoms with E-state index in [0.29, 0.717) is 5.56 Å². The molecule has 0 saturated heterocycles. The van der Waals surface area contributed by atoms with E-state index >= 15 is 0 Å². The summed E-state index contributed by atoms with van der Waals surface area (Å²) >= 11 is 0. The van der Waals surface area contributed by atoms with Crippen LogP contribution in [0.5, 0.6) is 0 Å². The molecular formula is C14H14N2O2. The maximum atomic E-state index is 11.9. The minimum atomic E-state index is -0.279. The van der Waals surface area contributed by atoms with Crippen LogP contribution in [0.15, 0.2) is 47.4 Å². The maximum absolute atomic E-state index is 11.9. The fourth-order valence-electron chi connectivity index (χ4n) is 1.62. The Hall–Kier alpha value is -2.36. The summed E-state index contributed by atoms with van der Waals surface area (Å²) in [7, 11) is 1.64. The lowest BCUT2D eigenvalue weighted by Crippen LogP contribution is -2.19. The number of aryl methyl sites for hydroxylation is 2. The summed E-state index contributed by atoms with van der Waals surface area (Å²) in [5.41, 5.74) is 1.95. The van der Waals surface area contributed by atoms with E-state index in [1.54, 1.807) is 19.3 Å². The SMILES string of the molecule is Cc1cccc(NC(=O)c2ccn(C)c(=O)c2)c1. The van der Waals surface area contributed by atoms with Gasteiger partial charge in [0.2, 0.25) is 0 Å². The number of amides is 1. The number of hydrogen-bond donors (Lipinski definition) is 1. The third kappa shape index (κ3) is 2.66. The summed E-state index contributed by atoms with van der Waals surface area (Å²) in [5.74, 6) is -0.279. The summed E-state index contributed by atoms with van der Waals surface area (Å²) in [6.07, 6.45) is 1.58. The molecule has 0 aliphatic rings. The molecule has 0 spiro atoms. The second-order valence-electron chi connectivity index (χ2n) is 4.19. The Kier molecular flexibility index (Phi) is 3.28. The fourth-order valence-corrected chi connectivity index (χ4v) is 1.62. The van der Waals surface area contributed by atoms with Crippen molar-refractivity contribution in [2.75, 3.05) is 5.32 Å². The molecular weight excluding hydrogens is 228 g/mol. The van der Waals surface area contributed by atoms with Crippen LogP contribution in [0, 0.1) is 6.92 Å². The molecule has 2 aromatic rings. The molecule has 18 heavy (non-hydrogen) atoms. The van der Waals surface area contributed by atoms with Gasteiger partial charge in [-0.25, -0.2) is 0 Å². The quantitative estimate of drug-likeness (QED) is 0.875. The molecule has 0 unspecified atom stereocenters. The molecule has 1 N–H and O–H groups in total.